The molecule has 0 spiro atoms. The van der Waals surface area contributed by atoms with Crippen LogP contribution in [0.1, 0.15) is 22.3 Å². The van der Waals surface area contributed by atoms with Gasteiger partial charge in [-0.3, -0.25) is 9.59 Å². The molecule has 1 heterocycles. The third-order valence-corrected chi connectivity index (χ3v) is 7.95. The predicted octanol–water partition coefficient (Wildman–Crippen LogP) is 5.36. The Hall–Kier alpha value is -3.89. The van der Waals surface area contributed by atoms with Crippen LogP contribution in [0.3, 0.4) is 0 Å². The SMILES string of the molecule is [C-]#[N+]c1c(-c2cccc(NCC[C@@H](O)[C@@H](O)CO)c2)nc(SCc2cccc(NC(=O)c3ccc(Cl)c(Cl)c3)c2)[nH]c1=O. The lowest BCUT2D eigenvalue weighted by Crippen LogP contribution is -2.30. The molecule has 1 amide bonds. The molecule has 0 unspecified atom stereocenters. The molecule has 0 saturated carbocycles. The number of anilines is 2. The number of aromatic nitrogens is 2. The number of hydrogen-bond donors (Lipinski definition) is 6. The molecule has 0 fully saturated rings. The number of carbonyl (C=O) groups excluding carboxylic acids is 1. The van der Waals surface area contributed by atoms with E-state index in [9.17, 15) is 19.8 Å². The first kappa shape index (κ1) is 32.0. The van der Waals surface area contributed by atoms with E-state index in [2.05, 4.69) is 25.4 Å². The summed E-state index contributed by atoms with van der Waals surface area (Å²) in [5.41, 5.74) is 2.52. The van der Waals surface area contributed by atoms with E-state index in [1.54, 1.807) is 54.6 Å². The monoisotopic (exact) mass is 639 g/mol. The predicted molar refractivity (Wildman–Crippen MR) is 169 cm³/mol. The van der Waals surface area contributed by atoms with Crippen LogP contribution in [-0.4, -0.2) is 56.6 Å². The molecular formula is C30H27Cl2N5O5S. The van der Waals surface area contributed by atoms with Crippen molar-refractivity contribution in [3.8, 4) is 11.3 Å². The minimum atomic E-state index is -1.22. The second-order valence-corrected chi connectivity index (χ2v) is 11.1. The Balaban J connectivity index is 1.46. The van der Waals surface area contributed by atoms with Crippen molar-refractivity contribution in [3.63, 3.8) is 0 Å². The van der Waals surface area contributed by atoms with E-state index in [-0.39, 0.29) is 28.7 Å². The van der Waals surface area contributed by atoms with E-state index in [0.717, 1.165) is 5.56 Å². The van der Waals surface area contributed by atoms with Crippen molar-refractivity contribution in [2.24, 2.45) is 0 Å². The quantitative estimate of drug-likeness (QED) is 0.0689. The lowest BCUT2D eigenvalue weighted by atomic mass is 10.1. The number of halogens is 2. The zero-order valence-corrected chi connectivity index (χ0v) is 24.9. The number of carbonyl (C=O) groups is 1. The smallest absolute Gasteiger partial charge is 0.276 e. The minimum absolute atomic E-state index is 0.144. The zero-order chi connectivity index (χ0) is 30.9. The van der Waals surface area contributed by atoms with Crippen molar-refractivity contribution in [2.45, 2.75) is 29.5 Å². The Morgan fingerprint density at radius 2 is 1.79 bits per heavy atom. The molecule has 43 heavy (non-hydrogen) atoms. The Kier molecular flexibility index (Phi) is 11.2. The Morgan fingerprint density at radius 1 is 1.02 bits per heavy atom. The Morgan fingerprint density at radius 3 is 2.53 bits per heavy atom. The van der Waals surface area contributed by atoms with Crippen LogP contribution in [-0.2, 0) is 5.75 Å². The van der Waals surface area contributed by atoms with Crippen LogP contribution in [0.4, 0.5) is 17.1 Å². The van der Waals surface area contributed by atoms with Gasteiger partial charge < -0.3 is 30.9 Å². The number of nitrogens with zero attached hydrogens (tertiary/aromatic N) is 2. The maximum atomic E-state index is 12.8. The van der Waals surface area contributed by atoms with Crippen LogP contribution in [0.25, 0.3) is 16.1 Å². The molecule has 4 rings (SSSR count). The number of aliphatic hydroxyl groups excluding tert-OH is 3. The van der Waals surface area contributed by atoms with Gasteiger partial charge in [-0.2, -0.15) is 0 Å². The van der Waals surface area contributed by atoms with Crippen LogP contribution in [0, 0.1) is 6.57 Å². The molecule has 13 heteroatoms. The topological polar surface area (TPSA) is 152 Å². The molecule has 4 aromatic rings. The van der Waals surface area contributed by atoms with Crippen molar-refractivity contribution >= 4 is 57.9 Å². The van der Waals surface area contributed by atoms with E-state index < -0.39 is 24.4 Å². The number of nitrogens with one attached hydrogen (secondary N) is 3. The fourth-order valence-electron chi connectivity index (χ4n) is 4.01. The number of benzene rings is 3. The fraction of sp³-hybridized carbons (Fsp3) is 0.200. The summed E-state index contributed by atoms with van der Waals surface area (Å²) >= 11 is 13.2. The molecule has 0 aliphatic carbocycles. The molecule has 0 saturated heterocycles. The largest absolute Gasteiger partial charge is 0.394 e. The van der Waals surface area contributed by atoms with E-state index in [4.69, 9.17) is 34.9 Å². The van der Waals surface area contributed by atoms with Crippen molar-refractivity contribution in [2.75, 3.05) is 23.8 Å². The fourth-order valence-corrected chi connectivity index (χ4v) is 5.11. The van der Waals surface area contributed by atoms with Gasteiger partial charge >= 0.3 is 0 Å². The van der Waals surface area contributed by atoms with Crippen LogP contribution >= 0.6 is 35.0 Å². The van der Waals surface area contributed by atoms with E-state index in [1.807, 2.05) is 6.07 Å². The zero-order valence-electron chi connectivity index (χ0n) is 22.6. The van der Waals surface area contributed by atoms with Gasteiger partial charge in [-0.15, -0.1) is 0 Å². The molecule has 10 nitrogen and oxygen atoms in total. The summed E-state index contributed by atoms with van der Waals surface area (Å²) in [5, 5.41) is 35.2. The number of aromatic amines is 1. The number of aliphatic hydroxyl groups is 3. The molecule has 0 aliphatic heterocycles. The molecule has 3 aromatic carbocycles. The van der Waals surface area contributed by atoms with Gasteiger partial charge in [0.1, 0.15) is 6.10 Å². The maximum absolute atomic E-state index is 12.8. The first-order chi connectivity index (χ1) is 20.7. The van der Waals surface area contributed by atoms with Crippen molar-refractivity contribution in [1.82, 2.24) is 9.97 Å². The van der Waals surface area contributed by atoms with Crippen molar-refractivity contribution in [3.05, 3.63) is 110 Å². The first-order valence-electron chi connectivity index (χ1n) is 13.0. The van der Waals surface area contributed by atoms with Gasteiger partial charge in [0.25, 0.3) is 17.2 Å². The number of hydrogen-bond acceptors (Lipinski definition) is 8. The molecular weight excluding hydrogens is 613 g/mol. The molecule has 0 radical (unpaired) electrons. The number of rotatable bonds is 12. The summed E-state index contributed by atoms with van der Waals surface area (Å²) < 4.78 is 0. The second-order valence-electron chi connectivity index (χ2n) is 9.37. The molecule has 0 aliphatic rings. The second kappa shape index (κ2) is 15.0. The lowest BCUT2D eigenvalue weighted by Gasteiger charge is -2.16. The summed E-state index contributed by atoms with van der Waals surface area (Å²) in [7, 11) is 0. The highest BCUT2D eigenvalue weighted by Crippen LogP contribution is 2.30. The van der Waals surface area contributed by atoms with Gasteiger partial charge in [-0.05, 0) is 60.0 Å². The molecule has 2 atom stereocenters. The summed E-state index contributed by atoms with van der Waals surface area (Å²) in [6, 6.07) is 18.9. The highest BCUT2D eigenvalue weighted by atomic mass is 35.5. The van der Waals surface area contributed by atoms with Crippen molar-refractivity contribution in [1.29, 1.82) is 0 Å². The van der Waals surface area contributed by atoms with E-state index in [0.29, 0.717) is 45.0 Å². The summed E-state index contributed by atoms with van der Waals surface area (Å²) in [4.78, 5) is 36.1. The standard InChI is InChI=1S/C30H27Cl2N5O5S/c1-33-27-26(18-5-3-6-20(13-18)34-11-10-24(39)25(40)15-38)36-30(37-29(27)42)43-16-17-4-2-7-21(12-17)35-28(41)19-8-9-22(31)23(32)14-19/h2-9,12-14,24-25,34,38-40H,10-11,15-16H2,(H,35,41)(H,36,37,42)/t24-,25+/m1/s1. The Bertz CT molecular complexity index is 1710. The van der Waals surface area contributed by atoms with Crippen molar-refractivity contribution < 1.29 is 20.1 Å². The molecule has 1 aromatic heterocycles. The first-order valence-corrected chi connectivity index (χ1v) is 14.7. The number of H-pyrrole nitrogens is 1. The highest BCUT2D eigenvalue weighted by Gasteiger charge is 2.17. The van der Waals surface area contributed by atoms with Gasteiger partial charge in [0.05, 0.1) is 35.0 Å². The average molecular weight is 641 g/mol. The van der Waals surface area contributed by atoms with Crippen LogP contribution in [0.5, 0.6) is 0 Å². The number of amides is 1. The van der Waals surface area contributed by atoms with Crippen LogP contribution < -0.4 is 16.2 Å². The molecule has 222 valence electrons. The van der Waals surface area contributed by atoms with E-state index in [1.165, 1.54) is 17.8 Å². The maximum Gasteiger partial charge on any atom is 0.276 e. The van der Waals surface area contributed by atoms with Gasteiger partial charge in [-0.1, -0.05) is 59.2 Å². The summed E-state index contributed by atoms with van der Waals surface area (Å²) in [6.45, 7) is 7.32. The van der Waals surface area contributed by atoms with Gasteiger partial charge in [0, 0.05) is 29.2 Å². The molecule has 0 bridgehead atoms. The van der Waals surface area contributed by atoms with Gasteiger partial charge in [-0.25, -0.2) is 9.83 Å². The van der Waals surface area contributed by atoms with E-state index >= 15 is 0 Å². The van der Waals surface area contributed by atoms with Gasteiger partial charge in [0.2, 0.25) is 0 Å². The minimum Gasteiger partial charge on any atom is -0.394 e. The van der Waals surface area contributed by atoms with Gasteiger partial charge in [0.15, 0.2) is 5.16 Å². The Labute approximate surface area is 261 Å². The molecule has 6 N–H and O–H groups in total. The normalized spacial score (nSPS) is 12.3. The third-order valence-electron chi connectivity index (χ3n) is 6.26. The average Bonchev–Trinajstić information content (AvgIpc) is 3.01. The third kappa shape index (κ3) is 8.58. The summed E-state index contributed by atoms with van der Waals surface area (Å²) in [6.07, 6.45) is -2.10. The van der Waals surface area contributed by atoms with Crippen LogP contribution in [0.2, 0.25) is 10.0 Å². The number of thioether (sulfide) groups is 1. The highest BCUT2D eigenvalue weighted by molar-refractivity contribution is 7.98. The summed E-state index contributed by atoms with van der Waals surface area (Å²) in [5.74, 6) is 0.0734. The lowest BCUT2D eigenvalue weighted by molar-refractivity contribution is -0.0158. The van der Waals surface area contributed by atoms with Crippen LogP contribution in [0.15, 0.2) is 76.7 Å².